The van der Waals surface area contributed by atoms with Crippen molar-refractivity contribution in [2.75, 3.05) is 19.6 Å². The maximum absolute atomic E-state index is 12.6. The normalized spacial score (nSPS) is 23.2. The van der Waals surface area contributed by atoms with Crippen LogP contribution in [0, 0.1) is 18.8 Å². The number of benzene rings is 1. The lowest BCUT2D eigenvalue weighted by Gasteiger charge is -2.39. The number of likely N-dealkylation sites (tertiary alicyclic amines) is 1. The summed E-state index contributed by atoms with van der Waals surface area (Å²) in [5.74, 6) is 0.665. The van der Waals surface area contributed by atoms with Gasteiger partial charge in [-0.25, -0.2) is 4.79 Å². The van der Waals surface area contributed by atoms with Gasteiger partial charge < -0.3 is 15.5 Å². The van der Waals surface area contributed by atoms with E-state index in [1.54, 1.807) is 0 Å². The zero-order valence-electron chi connectivity index (χ0n) is 15.3. The highest BCUT2D eigenvalue weighted by Crippen LogP contribution is 2.34. The van der Waals surface area contributed by atoms with Crippen molar-refractivity contribution < 1.29 is 9.59 Å². The molecule has 1 heterocycles. The first-order chi connectivity index (χ1) is 12.1. The number of nitrogens with zero attached hydrogens (tertiary/aromatic N) is 1. The number of carbonyl (C=O) groups excluding carboxylic acids is 2. The van der Waals surface area contributed by atoms with Crippen LogP contribution in [0.1, 0.15) is 49.8 Å². The van der Waals surface area contributed by atoms with Gasteiger partial charge in [0.05, 0.1) is 12.0 Å². The molecule has 5 nitrogen and oxygen atoms in total. The largest absolute Gasteiger partial charge is 0.356 e. The average molecular weight is 343 g/mol. The maximum Gasteiger partial charge on any atom is 0.317 e. The molecule has 1 saturated carbocycles. The Hall–Kier alpha value is -2.04. The van der Waals surface area contributed by atoms with Crippen molar-refractivity contribution >= 4 is 11.9 Å². The van der Waals surface area contributed by atoms with E-state index in [9.17, 15) is 9.59 Å². The fraction of sp³-hybridized carbons (Fsp3) is 0.600. The minimum atomic E-state index is -0.109. The lowest BCUT2D eigenvalue weighted by molar-refractivity contribution is -0.126. The number of nitrogens with one attached hydrogen (secondary N) is 2. The van der Waals surface area contributed by atoms with Crippen molar-refractivity contribution in [3.8, 4) is 0 Å². The summed E-state index contributed by atoms with van der Waals surface area (Å²) in [7, 11) is 0. The smallest absolute Gasteiger partial charge is 0.317 e. The van der Waals surface area contributed by atoms with Crippen LogP contribution in [0.2, 0.25) is 0 Å². The molecule has 1 saturated heterocycles. The van der Waals surface area contributed by atoms with E-state index in [1.165, 1.54) is 18.4 Å². The SMILES string of the molecule is CCNC(=O)N1C[C@H](C(=O)NCC2CC2)CC[C@H]1c1cccc(C)c1. The van der Waals surface area contributed by atoms with Crippen LogP contribution in [0.4, 0.5) is 4.79 Å². The second-order valence-corrected chi connectivity index (χ2v) is 7.38. The van der Waals surface area contributed by atoms with E-state index in [2.05, 4.69) is 35.8 Å². The molecule has 2 atom stereocenters. The molecule has 0 aromatic heterocycles. The molecule has 2 aliphatic rings. The van der Waals surface area contributed by atoms with Crippen molar-refractivity contribution in [2.45, 2.75) is 45.6 Å². The lowest BCUT2D eigenvalue weighted by atomic mass is 9.88. The Bertz CT molecular complexity index is 627. The number of hydrogen-bond donors (Lipinski definition) is 2. The van der Waals surface area contributed by atoms with Gasteiger partial charge in [0.25, 0.3) is 0 Å². The van der Waals surface area contributed by atoms with E-state index in [0.717, 1.165) is 24.9 Å². The first kappa shape index (κ1) is 17.8. The van der Waals surface area contributed by atoms with Crippen molar-refractivity contribution in [3.05, 3.63) is 35.4 Å². The topological polar surface area (TPSA) is 61.4 Å². The number of hydrogen-bond acceptors (Lipinski definition) is 2. The first-order valence-electron chi connectivity index (χ1n) is 9.47. The van der Waals surface area contributed by atoms with E-state index in [0.29, 0.717) is 19.0 Å². The maximum atomic E-state index is 12.6. The highest BCUT2D eigenvalue weighted by atomic mass is 16.2. The van der Waals surface area contributed by atoms with Gasteiger partial charge in [0.1, 0.15) is 0 Å². The fourth-order valence-electron chi connectivity index (χ4n) is 3.60. The molecule has 0 unspecified atom stereocenters. The molecule has 3 rings (SSSR count). The summed E-state index contributed by atoms with van der Waals surface area (Å²) in [6.45, 7) is 5.85. The summed E-state index contributed by atoms with van der Waals surface area (Å²) in [6.07, 6.45) is 4.10. The molecular weight excluding hydrogens is 314 g/mol. The number of urea groups is 1. The molecule has 1 aliphatic heterocycles. The molecule has 1 aromatic rings. The summed E-state index contributed by atoms with van der Waals surface area (Å²) in [5.41, 5.74) is 2.35. The van der Waals surface area contributed by atoms with Crippen LogP contribution in [0.3, 0.4) is 0 Å². The third-order valence-electron chi connectivity index (χ3n) is 5.23. The van der Waals surface area contributed by atoms with Gasteiger partial charge in [-0.05, 0) is 51.0 Å². The van der Waals surface area contributed by atoms with Crippen molar-refractivity contribution in [3.63, 3.8) is 0 Å². The summed E-state index contributed by atoms with van der Waals surface area (Å²) < 4.78 is 0. The molecule has 0 spiro atoms. The number of carbonyl (C=O) groups is 2. The van der Waals surface area contributed by atoms with Crippen LogP contribution in [-0.2, 0) is 4.79 Å². The van der Waals surface area contributed by atoms with Crippen LogP contribution in [0.5, 0.6) is 0 Å². The minimum Gasteiger partial charge on any atom is -0.356 e. The molecule has 0 radical (unpaired) electrons. The zero-order valence-corrected chi connectivity index (χ0v) is 15.3. The molecule has 2 fully saturated rings. The summed E-state index contributed by atoms with van der Waals surface area (Å²) in [4.78, 5) is 26.9. The Morgan fingerprint density at radius 3 is 2.64 bits per heavy atom. The number of aryl methyl sites for hydroxylation is 1. The monoisotopic (exact) mass is 343 g/mol. The summed E-state index contributed by atoms with van der Waals surface area (Å²) >= 11 is 0. The van der Waals surface area contributed by atoms with E-state index >= 15 is 0 Å². The highest BCUT2D eigenvalue weighted by molar-refractivity contribution is 5.81. The van der Waals surface area contributed by atoms with Crippen molar-refractivity contribution in [2.24, 2.45) is 11.8 Å². The van der Waals surface area contributed by atoms with Gasteiger partial charge in [-0.2, -0.15) is 0 Å². The Balaban J connectivity index is 1.71. The van der Waals surface area contributed by atoms with Crippen molar-refractivity contribution in [1.82, 2.24) is 15.5 Å². The molecule has 0 bridgehead atoms. The molecule has 136 valence electrons. The van der Waals surface area contributed by atoms with E-state index < -0.39 is 0 Å². The van der Waals surface area contributed by atoms with Gasteiger partial charge in [-0.15, -0.1) is 0 Å². The Labute approximate surface area is 150 Å². The highest BCUT2D eigenvalue weighted by Gasteiger charge is 2.35. The second-order valence-electron chi connectivity index (χ2n) is 7.38. The van der Waals surface area contributed by atoms with E-state index in [1.807, 2.05) is 17.9 Å². The van der Waals surface area contributed by atoms with Gasteiger partial charge in [0.15, 0.2) is 0 Å². The predicted molar refractivity (Wildman–Crippen MR) is 98.2 cm³/mol. The van der Waals surface area contributed by atoms with Crippen LogP contribution in [0.15, 0.2) is 24.3 Å². The van der Waals surface area contributed by atoms with Crippen LogP contribution in [-0.4, -0.2) is 36.5 Å². The number of amides is 3. The first-order valence-corrected chi connectivity index (χ1v) is 9.47. The predicted octanol–water partition coefficient (Wildman–Crippen LogP) is 3.00. The Kier molecular flexibility index (Phi) is 5.61. The van der Waals surface area contributed by atoms with Crippen molar-refractivity contribution in [1.29, 1.82) is 0 Å². The molecule has 2 N–H and O–H groups in total. The van der Waals surface area contributed by atoms with E-state index in [4.69, 9.17) is 0 Å². The third kappa shape index (κ3) is 4.53. The zero-order chi connectivity index (χ0) is 17.8. The molecule has 5 heteroatoms. The Morgan fingerprint density at radius 2 is 1.96 bits per heavy atom. The van der Waals surface area contributed by atoms with Gasteiger partial charge in [-0.3, -0.25) is 4.79 Å². The van der Waals surface area contributed by atoms with Gasteiger partial charge in [-0.1, -0.05) is 29.8 Å². The summed E-state index contributed by atoms with van der Waals surface area (Å²) in [5, 5.41) is 5.98. The fourth-order valence-corrected chi connectivity index (χ4v) is 3.60. The summed E-state index contributed by atoms with van der Waals surface area (Å²) in [6, 6.07) is 8.29. The molecular formula is C20H29N3O2. The number of rotatable bonds is 5. The second kappa shape index (κ2) is 7.89. The average Bonchev–Trinajstić information content (AvgIpc) is 3.44. The Morgan fingerprint density at radius 1 is 1.16 bits per heavy atom. The third-order valence-corrected chi connectivity index (χ3v) is 5.23. The molecule has 25 heavy (non-hydrogen) atoms. The molecule has 3 amide bonds. The van der Waals surface area contributed by atoms with Gasteiger partial charge in [0, 0.05) is 19.6 Å². The van der Waals surface area contributed by atoms with Gasteiger partial charge >= 0.3 is 6.03 Å². The molecule has 1 aliphatic carbocycles. The standard InChI is InChI=1S/C20H29N3O2/c1-3-21-20(25)23-13-17(19(24)22-12-15-7-8-15)9-10-18(23)16-6-4-5-14(2)11-16/h4-6,11,15,17-18H,3,7-10,12-13H2,1-2H3,(H,21,25)(H,22,24)/t17-,18+/m1/s1. The quantitative estimate of drug-likeness (QED) is 0.863. The van der Waals surface area contributed by atoms with Crippen LogP contribution in [0.25, 0.3) is 0 Å². The van der Waals surface area contributed by atoms with Crippen LogP contribution < -0.4 is 10.6 Å². The minimum absolute atomic E-state index is 0.0407. The number of piperidine rings is 1. The van der Waals surface area contributed by atoms with Crippen LogP contribution >= 0.6 is 0 Å². The molecule has 1 aromatic carbocycles. The lowest BCUT2D eigenvalue weighted by Crippen LogP contribution is -2.50. The van der Waals surface area contributed by atoms with E-state index in [-0.39, 0.29) is 23.9 Å². The van der Waals surface area contributed by atoms with Gasteiger partial charge in [0.2, 0.25) is 5.91 Å².